The van der Waals surface area contributed by atoms with E-state index in [1.54, 1.807) is 11.9 Å². The highest BCUT2D eigenvalue weighted by atomic mass is 19.3. The second-order valence-electron chi connectivity index (χ2n) is 4.56. The zero-order valence-electron chi connectivity index (χ0n) is 11.0. The molecule has 0 aromatic carbocycles. The quantitative estimate of drug-likeness (QED) is 0.596. The summed E-state index contributed by atoms with van der Waals surface area (Å²) >= 11 is 0. The van der Waals surface area contributed by atoms with Crippen molar-refractivity contribution in [2.45, 2.75) is 39.0 Å². The predicted octanol–water partition coefficient (Wildman–Crippen LogP) is 2.48. The number of hydrogen-bond donors (Lipinski definition) is 2. The smallest absolute Gasteiger partial charge is 0.349 e. The summed E-state index contributed by atoms with van der Waals surface area (Å²) in [5.41, 5.74) is -0.286. The van der Waals surface area contributed by atoms with Crippen LogP contribution < -0.4 is 0 Å². The molecule has 0 amide bonds. The zero-order chi connectivity index (χ0) is 14.1. The molecule has 4 nitrogen and oxygen atoms in total. The highest BCUT2D eigenvalue weighted by Crippen LogP contribution is 2.14. The van der Waals surface area contributed by atoms with Crippen LogP contribution in [-0.2, 0) is 4.79 Å². The van der Waals surface area contributed by atoms with E-state index in [-0.39, 0.29) is 24.6 Å². The van der Waals surface area contributed by atoms with Crippen LogP contribution in [0.15, 0.2) is 0 Å². The molecule has 0 aliphatic heterocycles. The van der Waals surface area contributed by atoms with Gasteiger partial charge < -0.3 is 10.0 Å². The zero-order valence-corrected chi connectivity index (χ0v) is 11.0. The summed E-state index contributed by atoms with van der Waals surface area (Å²) in [4.78, 5) is 12.0. The lowest BCUT2D eigenvalue weighted by Crippen LogP contribution is -2.30. The monoisotopic (exact) mass is 264 g/mol. The van der Waals surface area contributed by atoms with Crippen molar-refractivity contribution < 1.29 is 18.7 Å². The third-order valence-electron chi connectivity index (χ3n) is 2.89. The fourth-order valence-electron chi connectivity index (χ4n) is 1.85. The number of rotatable bonds is 10. The molecular weight excluding hydrogens is 242 g/mol. The van der Waals surface area contributed by atoms with Gasteiger partial charge in [0.25, 0.3) is 6.43 Å². The van der Waals surface area contributed by atoms with Gasteiger partial charge in [-0.1, -0.05) is 13.3 Å². The van der Waals surface area contributed by atoms with E-state index >= 15 is 0 Å². The SMILES string of the molecule is CCC(CCCC(=N)C(=O)O)CN(C)CC(F)F. The Balaban J connectivity index is 3.90. The summed E-state index contributed by atoms with van der Waals surface area (Å²) in [6.45, 7) is 2.34. The number of alkyl halides is 2. The van der Waals surface area contributed by atoms with E-state index in [4.69, 9.17) is 10.5 Å². The van der Waals surface area contributed by atoms with E-state index in [0.29, 0.717) is 13.0 Å². The van der Waals surface area contributed by atoms with Crippen LogP contribution in [0.1, 0.15) is 32.6 Å². The highest BCUT2D eigenvalue weighted by molar-refractivity contribution is 6.34. The Hall–Kier alpha value is -1.04. The third kappa shape index (κ3) is 8.11. The van der Waals surface area contributed by atoms with Crippen molar-refractivity contribution in [2.24, 2.45) is 5.92 Å². The number of hydrogen-bond acceptors (Lipinski definition) is 3. The molecule has 0 radical (unpaired) electrons. The number of carboxylic acid groups (broad SMARTS) is 1. The average molecular weight is 264 g/mol. The molecular formula is C12H22F2N2O2. The van der Waals surface area contributed by atoms with E-state index in [1.165, 1.54) is 0 Å². The Bertz CT molecular complexity index is 273. The topological polar surface area (TPSA) is 64.4 Å². The van der Waals surface area contributed by atoms with Crippen molar-refractivity contribution in [3.63, 3.8) is 0 Å². The number of carbonyl (C=O) groups is 1. The van der Waals surface area contributed by atoms with Gasteiger partial charge >= 0.3 is 5.97 Å². The van der Waals surface area contributed by atoms with Crippen LogP contribution in [0.5, 0.6) is 0 Å². The van der Waals surface area contributed by atoms with E-state index in [0.717, 1.165) is 12.8 Å². The lowest BCUT2D eigenvalue weighted by molar-refractivity contribution is -0.129. The van der Waals surface area contributed by atoms with Crippen LogP contribution in [0.2, 0.25) is 0 Å². The normalized spacial score (nSPS) is 13.0. The van der Waals surface area contributed by atoms with E-state index in [1.807, 2.05) is 6.92 Å². The highest BCUT2D eigenvalue weighted by Gasteiger charge is 2.14. The molecule has 0 fully saturated rings. The predicted molar refractivity (Wildman–Crippen MR) is 66.5 cm³/mol. The molecule has 1 unspecified atom stereocenters. The van der Waals surface area contributed by atoms with Gasteiger partial charge in [0.05, 0.1) is 6.54 Å². The number of nitrogens with zero attached hydrogens (tertiary/aromatic N) is 1. The van der Waals surface area contributed by atoms with Crippen molar-refractivity contribution in [1.82, 2.24) is 4.90 Å². The summed E-state index contributed by atoms with van der Waals surface area (Å²) in [6, 6.07) is 0. The van der Waals surface area contributed by atoms with Gasteiger partial charge in [-0.15, -0.1) is 0 Å². The maximum absolute atomic E-state index is 12.2. The molecule has 0 aliphatic carbocycles. The molecule has 1 atom stereocenters. The van der Waals surface area contributed by atoms with Crippen molar-refractivity contribution >= 4 is 11.7 Å². The largest absolute Gasteiger partial charge is 0.477 e. The van der Waals surface area contributed by atoms with Crippen LogP contribution in [0.4, 0.5) is 8.78 Å². The first-order valence-electron chi connectivity index (χ1n) is 6.14. The van der Waals surface area contributed by atoms with Gasteiger partial charge in [0.1, 0.15) is 5.71 Å². The lowest BCUT2D eigenvalue weighted by Gasteiger charge is -2.22. The molecule has 0 rings (SSSR count). The number of carboxylic acids is 1. The molecule has 106 valence electrons. The minimum Gasteiger partial charge on any atom is -0.477 e. The fourth-order valence-corrected chi connectivity index (χ4v) is 1.85. The second kappa shape index (κ2) is 8.97. The Morgan fingerprint density at radius 3 is 2.44 bits per heavy atom. The maximum Gasteiger partial charge on any atom is 0.349 e. The van der Waals surface area contributed by atoms with Gasteiger partial charge in [-0.25, -0.2) is 13.6 Å². The molecule has 0 saturated heterocycles. The van der Waals surface area contributed by atoms with Crippen molar-refractivity contribution in [3.05, 3.63) is 0 Å². The van der Waals surface area contributed by atoms with Crippen LogP contribution in [0, 0.1) is 11.3 Å². The van der Waals surface area contributed by atoms with Crippen LogP contribution >= 0.6 is 0 Å². The number of aliphatic carboxylic acids is 1. The van der Waals surface area contributed by atoms with Gasteiger partial charge in [-0.2, -0.15) is 0 Å². The van der Waals surface area contributed by atoms with Gasteiger partial charge in [-0.3, -0.25) is 5.41 Å². The van der Waals surface area contributed by atoms with Gasteiger partial charge in [0.15, 0.2) is 0 Å². The molecule has 18 heavy (non-hydrogen) atoms. The molecule has 2 N–H and O–H groups in total. The third-order valence-corrected chi connectivity index (χ3v) is 2.89. The van der Waals surface area contributed by atoms with Gasteiger partial charge in [0.2, 0.25) is 0 Å². The van der Waals surface area contributed by atoms with E-state index in [9.17, 15) is 13.6 Å². The van der Waals surface area contributed by atoms with E-state index < -0.39 is 12.4 Å². The maximum atomic E-state index is 12.2. The Labute approximate surface area is 106 Å². The summed E-state index contributed by atoms with van der Waals surface area (Å²) in [5.74, 6) is -0.909. The molecule has 0 aromatic heterocycles. The summed E-state index contributed by atoms with van der Waals surface area (Å²) in [5, 5.41) is 15.7. The molecule has 0 bridgehead atoms. The lowest BCUT2D eigenvalue weighted by atomic mass is 9.97. The van der Waals surface area contributed by atoms with Crippen LogP contribution in [-0.4, -0.2) is 48.3 Å². The fraction of sp³-hybridized carbons (Fsp3) is 0.833. The van der Waals surface area contributed by atoms with Crippen molar-refractivity contribution in [2.75, 3.05) is 20.1 Å². The molecule has 0 aromatic rings. The molecule has 0 saturated carbocycles. The van der Waals surface area contributed by atoms with Gasteiger partial charge in [-0.05, 0) is 32.2 Å². The Kier molecular flexibility index (Phi) is 8.45. The first-order valence-corrected chi connectivity index (χ1v) is 6.14. The van der Waals surface area contributed by atoms with Crippen LogP contribution in [0.25, 0.3) is 0 Å². The minimum atomic E-state index is -2.33. The second-order valence-corrected chi connectivity index (χ2v) is 4.56. The summed E-state index contributed by atoms with van der Waals surface area (Å²) in [7, 11) is 1.66. The molecule has 6 heteroatoms. The Morgan fingerprint density at radius 1 is 1.39 bits per heavy atom. The minimum absolute atomic E-state index is 0.235. The summed E-state index contributed by atoms with van der Waals surface area (Å²) < 4.78 is 24.3. The first kappa shape index (κ1) is 17.0. The first-order chi connectivity index (χ1) is 8.36. The van der Waals surface area contributed by atoms with Crippen molar-refractivity contribution in [3.8, 4) is 0 Å². The average Bonchev–Trinajstić information content (AvgIpc) is 2.26. The van der Waals surface area contributed by atoms with Gasteiger partial charge in [0, 0.05) is 6.54 Å². The summed E-state index contributed by atoms with van der Waals surface area (Å²) in [6.07, 6.45) is 0.164. The van der Waals surface area contributed by atoms with E-state index in [2.05, 4.69) is 0 Å². The number of halogens is 2. The Morgan fingerprint density at radius 2 is 2.00 bits per heavy atom. The van der Waals surface area contributed by atoms with Crippen LogP contribution in [0.3, 0.4) is 0 Å². The molecule has 0 spiro atoms. The standard InChI is InChI=1S/C12H22F2N2O2/c1-3-9(7-16(2)8-11(13)14)5-4-6-10(15)12(17)18/h9,11,15H,3-8H2,1-2H3,(H,17,18). The van der Waals surface area contributed by atoms with Crippen molar-refractivity contribution in [1.29, 1.82) is 5.41 Å². The molecule has 0 aliphatic rings. The number of nitrogens with one attached hydrogen (secondary N) is 1. The molecule has 0 heterocycles.